The first-order valence-corrected chi connectivity index (χ1v) is 12.6. The Labute approximate surface area is 221 Å². The molecule has 4 aromatic rings. The smallest absolute Gasteiger partial charge is 0.269 e. The van der Waals surface area contributed by atoms with Crippen molar-refractivity contribution in [2.45, 2.75) is 18.9 Å². The fraction of sp³-hybridized carbons (Fsp3) is 0.286. The van der Waals surface area contributed by atoms with E-state index in [0.29, 0.717) is 23.0 Å². The number of rotatable bonds is 7. The molecule has 10 nitrogen and oxygen atoms in total. The van der Waals surface area contributed by atoms with Crippen LogP contribution in [0.3, 0.4) is 0 Å². The van der Waals surface area contributed by atoms with Crippen LogP contribution in [0.4, 0.5) is 11.6 Å². The topological polar surface area (TPSA) is 113 Å². The van der Waals surface area contributed by atoms with Crippen molar-refractivity contribution in [1.29, 1.82) is 0 Å². The van der Waals surface area contributed by atoms with Gasteiger partial charge in [0.15, 0.2) is 0 Å². The summed E-state index contributed by atoms with van der Waals surface area (Å²) in [5.41, 5.74) is 3.42. The van der Waals surface area contributed by atoms with Crippen LogP contribution in [0, 0.1) is 0 Å². The zero-order valence-corrected chi connectivity index (χ0v) is 21.7. The van der Waals surface area contributed by atoms with Crippen LogP contribution in [0.1, 0.15) is 33.7 Å². The number of fused-ring (bicyclic) bond motifs is 1. The zero-order valence-electron chi connectivity index (χ0n) is 21.7. The Hall–Kier alpha value is -4.44. The third kappa shape index (κ3) is 5.60. The highest BCUT2D eigenvalue weighted by Gasteiger charge is 2.19. The summed E-state index contributed by atoms with van der Waals surface area (Å²) in [7, 11) is 5.59. The first-order valence-electron chi connectivity index (χ1n) is 12.6. The second-order valence-electron chi connectivity index (χ2n) is 9.46. The zero-order chi connectivity index (χ0) is 26.6. The predicted molar refractivity (Wildman–Crippen MR) is 146 cm³/mol. The predicted octanol–water partition coefficient (Wildman–Crippen LogP) is 3.69. The first-order chi connectivity index (χ1) is 18.4. The van der Waals surface area contributed by atoms with E-state index >= 15 is 0 Å². The van der Waals surface area contributed by atoms with Crippen LogP contribution in [0.5, 0.6) is 11.5 Å². The van der Waals surface area contributed by atoms with Crippen molar-refractivity contribution in [2.24, 2.45) is 7.05 Å². The number of pyridine rings is 1. The molecular weight excluding hydrogens is 482 g/mol. The number of hydrogen-bond donors (Lipinski definition) is 3. The molecule has 5 rings (SSSR count). The Morgan fingerprint density at radius 3 is 2.42 bits per heavy atom. The van der Waals surface area contributed by atoms with E-state index in [1.807, 2.05) is 54.1 Å². The van der Waals surface area contributed by atoms with Gasteiger partial charge in [-0.25, -0.2) is 4.98 Å². The van der Waals surface area contributed by atoms with E-state index in [2.05, 4.69) is 32.9 Å². The highest BCUT2D eigenvalue weighted by Crippen LogP contribution is 2.28. The number of nitrogens with zero attached hydrogens (tertiary/aromatic N) is 4. The third-order valence-electron chi connectivity index (χ3n) is 6.74. The van der Waals surface area contributed by atoms with E-state index < -0.39 is 0 Å². The summed E-state index contributed by atoms with van der Waals surface area (Å²) >= 11 is 0. The molecule has 0 atom stereocenters. The maximum Gasteiger partial charge on any atom is 0.269 e. The first kappa shape index (κ1) is 25.2. The van der Waals surface area contributed by atoms with Gasteiger partial charge < -0.3 is 30.2 Å². The largest absolute Gasteiger partial charge is 0.457 e. The number of ether oxygens (including phenoxy) is 1. The van der Waals surface area contributed by atoms with E-state index in [1.165, 1.54) is 6.20 Å². The minimum absolute atomic E-state index is 0.0435. The number of aryl methyl sites for hydroxylation is 1. The number of nitrogens with one attached hydrogen (secondary N) is 3. The van der Waals surface area contributed by atoms with E-state index in [9.17, 15) is 9.59 Å². The van der Waals surface area contributed by atoms with Crippen LogP contribution in [0.25, 0.3) is 11.0 Å². The van der Waals surface area contributed by atoms with Crippen LogP contribution in [0.15, 0.2) is 60.8 Å². The molecule has 0 unspecified atom stereocenters. The highest BCUT2D eigenvalue weighted by atomic mass is 16.5. The van der Waals surface area contributed by atoms with Crippen LogP contribution in [-0.2, 0) is 7.05 Å². The standard InChI is InChI=1S/C28H31N7O3/c1-29-27(37)24-17-22(10-13-30-24)38-21-8-9-25-23(16-21)33-28(35(25)3)32-19-6-4-18(5-7-19)26(36)31-20-11-14-34(2)15-12-20/h4-10,13,16-17,20H,11-12,14-15H2,1-3H3,(H,29,37)(H,31,36)(H,32,33). The molecule has 2 aromatic carbocycles. The summed E-state index contributed by atoms with van der Waals surface area (Å²) in [4.78, 5) is 35.6. The highest BCUT2D eigenvalue weighted by molar-refractivity contribution is 5.95. The van der Waals surface area contributed by atoms with Crippen LogP contribution >= 0.6 is 0 Å². The summed E-state index contributed by atoms with van der Waals surface area (Å²) in [6.45, 7) is 2.00. The summed E-state index contributed by atoms with van der Waals surface area (Å²) in [6, 6.07) is 16.5. The average Bonchev–Trinajstić information content (AvgIpc) is 3.24. The number of amides is 2. The van der Waals surface area contributed by atoms with Gasteiger partial charge >= 0.3 is 0 Å². The number of piperidine rings is 1. The number of hydrogen-bond acceptors (Lipinski definition) is 7. The molecule has 1 saturated heterocycles. The lowest BCUT2D eigenvalue weighted by Crippen LogP contribution is -2.43. The van der Waals surface area contributed by atoms with Crippen molar-refractivity contribution >= 4 is 34.5 Å². The van der Waals surface area contributed by atoms with Crippen molar-refractivity contribution in [1.82, 2.24) is 30.1 Å². The normalized spacial score (nSPS) is 14.3. The van der Waals surface area contributed by atoms with Gasteiger partial charge in [0.2, 0.25) is 5.95 Å². The molecule has 1 aliphatic rings. The van der Waals surface area contributed by atoms with Gasteiger partial charge in [0.25, 0.3) is 11.8 Å². The van der Waals surface area contributed by atoms with E-state index in [-0.39, 0.29) is 23.6 Å². The molecule has 196 valence electrons. The molecule has 2 amide bonds. The van der Waals surface area contributed by atoms with Gasteiger partial charge in [-0.3, -0.25) is 14.6 Å². The number of aromatic nitrogens is 3. The summed E-state index contributed by atoms with van der Waals surface area (Å²) in [5, 5.41) is 9.03. The molecule has 3 heterocycles. The third-order valence-corrected chi connectivity index (χ3v) is 6.74. The quantitative estimate of drug-likeness (QED) is 0.345. The summed E-state index contributed by atoms with van der Waals surface area (Å²) in [6.07, 6.45) is 3.48. The molecule has 0 radical (unpaired) electrons. The fourth-order valence-corrected chi connectivity index (χ4v) is 4.47. The molecule has 10 heteroatoms. The van der Waals surface area contributed by atoms with Gasteiger partial charge in [0.1, 0.15) is 17.2 Å². The van der Waals surface area contributed by atoms with E-state index in [1.54, 1.807) is 19.2 Å². The Morgan fingerprint density at radius 2 is 1.68 bits per heavy atom. The molecule has 3 N–H and O–H groups in total. The van der Waals surface area contributed by atoms with E-state index in [4.69, 9.17) is 9.72 Å². The van der Waals surface area contributed by atoms with Gasteiger partial charge in [-0.05, 0) is 75.4 Å². The number of likely N-dealkylation sites (tertiary alicyclic amines) is 1. The molecule has 1 fully saturated rings. The maximum absolute atomic E-state index is 12.7. The maximum atomic E-state index is 12.7. The number of imidazole rings is 1. The lowest BCUT2D eigenvalue weighted by molar-refractivity contribution is 0.0915. The molecule has 0 bridgehead atoms. The van der Waals surface area contributed by atoms with Gasteiger partial charge in [0.05, 0.1) is 11.0 Å². The molecule has 38 heavy (non-hydrogen) atoms. The van der Waals surface area contributed by atoms with Gasteiger partial charge in [-0.15, -0.1) is 0 Å². The Morgan fingerprint density at radius 1 is 0.947 bits per heavy atom. The second-order valence-corrected chi connectivity index (χ2v) is 9.46. The van der Waals surface area contributed by atoms with Crippen LogP contribution in [-0.4, -0.2) is 64.5 Å². The minimum Gasteiger partial charge on any atom is -0.457 e. The number of benzene rings is 2. The van der Waals surface area contributed by atoms with Crippen LogP contribution in [0.2, 0.25) is 0 Å². The van der Waals surface area contributed by atoms with Crippen LogP contribution < -0.4 is 20.7 Å². The molecule has 0 aliphatic carbocycles. The molecule has 0 saturated carbocycles. The number of anilines is 2. The van der Waals surface area contributed by atoms with Crippen molar-refractivity contribution in [3.8, 4) is 11.5 Å². The Kier molecular flexibility index (Phi) is 7.23. The minimum atomic E-state index is -0.280. The van der Waals surface area contributed by atoms with Crippen molar-refractivity contribution in [2.75, 3.05) is 32.5 Å². The lowest BCUT2D eigenvalue weighted by Gasteiger charge is -2.29. The van der Waals surface area contributed by atoms with Crippen molar-refractivity contribution < 1.29 is 14.3 Å². The summed E-state index contributed by atoms with van der Waals surface area (Å²) < 4.78 is 7.91. The van der Waals surface area contributed by atoms with E-state index in [0.717, 1.165) is 42.7 Å². The number of carbonyl (C=O) groups is 2. The second kappa shape index (κ2) is 10.9. The molecule has 0 spiro atoms. The Bertz CT molecular complexity index is 1460. The van der Waals surface area contributed by atoms with Crippen molar-refractivity contribution in [3.63, 3.8) is 0 Å². The lowest BCUT2D eigenvalue weighted by atomic mass is 10.0. The molecular formula is C28H31N7O3. The average molecular weight is 514 g/mol. The molecule has 1 aliphatic heterocycles. The fourth-order valence-electron chi connectivity index (χ4n) is 4.47. The Balaban J connectivity index is 1.26. The van der Waals surface area contributed by atoms with Gasteiger partial charge in [-0.2, -0.15) is 0 Å². The summed E-state index contributed by atoms with van der Waals surface area (Å²) in [5.74, 6) is 1.44. The molecule has 2 aromatic heterocycles. The SMILES string of the molecule is CNC(=O)c1cc(Oc2ccc3c(c2)nc(Nc2ccc(C(=O)NC4CCN(C)CC4)cc2)n3C)ccn1. The monoisotopic (exact) mass is 513 g/mol. The van der Waals surface area contributed by atoms with Crippen molar-refractivity contribution in [3.05, 3.63) is 72.1 Å². The van der Waals surface area contributed by atoms with Gasteiger partial charge in [-0.1, -0.05) is 0 Å². The van der Waals surface area contributed by atoms with Gasteiger partial charge in [0, 0.05) is 49.7 Å². The number of carbonyl (C=O) groups excluding carboxylic acids is 2.